The largest absolute Gasteiger partial charge is 0.503 e. The number of aryl methyl sites for hydroxylation is 1. The number of hydrogen-bond donors (Lipinski definition) is 2. The number of amides is 1. The average molecular weight is 397 g/mol. The van der Waals surface area contributed by atoms with Crippen LogP contribution in [0.25, 0.3) is 0 Å². The van der Waals surface area contributed by atoms with Gasteiger partial charge in [-0.15, -0.1) is 0 Å². The number of nitrogens with zero attached hydrogens (tertiary/aromatic N) is 1. The zero-order valence-corrected chi connectivity index (χ0v) is 15.8. The number of phenols is 1. The van der Waals surface area contributed by atoms with Crippen LogP contribution in [0.3, 0.4) is 0 Å². The molecule has 0 saturated carbocycles. The molecule has 0 spiro atoms. The molecule has 2 aromatic rings. The van der Waals surface area contributed by atoms with E-state index in [1.165, 1.54) is 12.3 Å². The molecule has 8 heteroatoms. The van der Waals surface area contributed by atoms with E-state index >= 15 is 0 Å². The van der Waals surface area contributed by atoms with Crippen LogP contribution < -0.4 is 14.9 Å². The van der Waals surface area contributed by atoms with Gasteiger partial charge in [0.05, 0.1) is 17.8 Å². The van der Waals surface area contributed by atoms with Crippen LogP contribution in [0.1, 0.15) is 18.1 Å². The van der Waals surface area contributed by atoms with Crippen LogP contribution in [0.5, 0.6) is 17.2 Å². The Hall–Kier alpha value is -2.44. The Kier molecular flexibility index (Phi) is 7.12. The number of benzene rings is 2. The third kappa shape index (κ3) is 5.54. The van der Waals surface area contributed by atoms with Gasteiger partial charge in [0.1, 0.15) is 5.75 Å². The number of rotatable bonds is 7. The summed E-state index contributed by atoms with van der Waals surface area (Å²) in [5.41, 5.74) is 3.77. The predicted octanol–water partition coefficient (Wildman–Crippen LogP) is 3.94. The van der Waals surface area contributed by atoms with Gasteiger partial charge in [-0.05, 0) is 55.3 Å². The number of ether oxygens (including phenoxy) is 2. The number of nitrogens with one attached hydrogen (secondary N) is 1. The van der Waals surface area contributed by atoms with E-state index < -0.39 is 5.91 Å². The van der Waals surface area contributed by atoms with Gasteiger partial charge < -0.3 is 14.6 Å². The van der Waals surface area contributed by atoms with Gasteiger partial charge in [0.15, 0.2) is 18.1 Å². The van der Waals surface area contributed by atoms with Gasteiger partial charge in [-0.25, -0.2) is 5.43 Å². The van der Waals surface area contributed by atoms with E-state index in [0.717, 1.165) is 5.56 Å². The summed E-state index contributed by atoms with van der Waals surface area (Å²) in [5.74, 6) is 0.219. The Labute approximate surface area is 161 Å². The van der Waals surface area contributed by atoms with Crippen molar-refractivity contribution in [2.45, 2.75) is 13.8 Å². The minimum atomic E-state index is -0.427. The van der Waals surface area contributed by atoms with Crippen LogP contribution in [-0.4, -0.2) is 30.4 Å². The van der Waals surface area contributed by atoms with Crippen molar-refractivity contribution in [1.82, 2.24) is 5.43 Å². The summed E-state index contributed by atoms with van der Waals surface area (Å²) in [7, 11) is 0. The summed E-state index contributed by atoms with van der Waals surface area (Å²) in [6, 6.07) is 8.19. The van der Waals surface area contributed by atoms with Crippen molar-refractivity contribution < 1.29 is 19.4 Å². The minimum Gasteiger partial charge on any atom is -0.503 e. The second kappa shape index (κ2) is 9.31. The van der Waals surface area contributed by atoms with Crippen LogP contribution in [0.2, 0.25) is 10.0 Å². The Morgan fingerprint density at radius 2 is 2.00 bits per heavy atom. The fraction of sp³-hybridized carbons (Fsp3) is 0.222. The number of halogens is 2. The maximum absolute atomic E-state index is 11.8. The molecule has 2 N–H and O–H groups in total. The fourth-order valence-electron chi connectivity index (χ4n) is 2.00. The van der Waals surface area contributed by atoms with Crippen molar-refractivity contribution in [3.63, 3.8) is 0 Å². The second-order valence-electron chi connectivity index (χ2n) is 5.28. The predicted molar refractivity (Wildman–Crippen MR) is 102 cm³/mol. The van der Waals surface area contributed by atoms with Crippen molar-refractivity contribution in [2.75, 3.05) is 13.2 Å². The average Bonchev–Trinajstić information content (AvgIpc) is 2.60. The molecule has 0 aliphatic heterocycles. The molecule has 26 heavy (non-hydrogen) atoms. The molecule has 0 atom stereocenters. The lowest BCUT2D eigenvalue weighted by Crippen LogP contribution is -2.24. The van der Waals surface area contributed by atoms with Gasteiger partial charge in [0.25, 0.3) is 5.91 Å². The van der Waals surface area contributed by atoms with Gasteiger partial charge in [-0.3, -0.25) is 4.79 Å². The van der Waals surface area contributed by atoms with E-state index in [1.54, 1.807) is 31.2 Å². The van der Waals surface area contributed by atoms with Crippen molar-refractivity contribution in [1.29, 1.82) is 0 Å². The number of hydrogen-bond acceptors (Lipinski definition) is 5. The Bertz CT molecular complexity index is 825. The summed E-state index contributed by atoms with van der Waals surface area (Å²) in [4.78, 5) is 11.8. The number of hydrazone groups is 1. The fourth-order valence-corrected chi connectivity index (χ4v) is 2.34. The molecule has 0 fully saturated rings. The van der Waals surface area contributed by atoms with Gasteiger partial charge in [0, 0.05) is 5.02 Å². The molecule has 0 radical (unpaired) electrons. The Balaban J connectivity index is 1.91. The molecule has 1 amide bonds. The van der Waals surface area contributed by atoms with Crippen LogP contribution >= 0.6 is 23.2 Å². The molecular formula is C18H18Cl2N2O4. The highest BCUT2D eigenvalue weighted by Crippen LogP contribution is 2.34. The smallest absolute Gasteiger partial charge is 0.277 e. The molecule has 0 aromatic heterocycles. The van der Waals surface area contributed by atoms with Gasteiger partial charge in [-0.1, -0.05) is 23.2 Å². The third-order valence-corrected chi connectivity index (χ3v) is 3.97. The molecule has 0 bridgehead atoms. The zero-order valence-electron chi connectivity index (χ0n) is 14.3. The maximum Gasteiger partial charge on any atom is 0.277 e. The zero-order chi connectivity index (χ0) is 19.1. The molecule has 2 aromatic carbocycles. The summed E-state index contributed by atoms with van der Waals surface area (Å²) < 4.78 is 10.7. The molecule has 2 rings (SSSR count). The summed E-state index contributed by atoms with van der Waals surface area (Å²) in [6.45, 7) is 3.82. The molecule has 0 aliphatic carbocycles. The standard InChI is InChI=1S/C18H18Cl2N2O4/c1-3-25-16-8-12(7-15(20)18(16)24)9-21-22-17(23)10-26-13-4-5-14(19)11(2)6-13/h4-9,24H,3,10H2,1-2H3,(H,22,23)/b21-9-. The Morgan fingerprint density at radius 1 is 1.23 bits per heavy atom. The van der Waals surface area contributed by atoms with E-state index in [0.29, 0.717) is 22.9 Å². The number of carbonyl (C=O) groups is 1. The molecule has 6 nitrogen and oxygen atoms in total. The highest BCUT2D eigenvalue weighted by Gasteiger charge is 2.09. The van der Waals surface area contributed by atoms with E-state index in [9.17, 15) is 9.90 Å². The normalized spacial score (nSPS) is 10.8. The number of carbonyl (C=O) groups excluding carboxylic acids is 1. The van der Waals surface area contributed by atoms with Crippen LogP contribution in [0, 0.1) is 6.92 Å². The van der Waals surface area contributed by atoms with Crippen molar-refractivity contribution in [3.8, 4) is 17.2 Å². The van der Waals surface area contributed by atoms with E-state index in [1.807, 2.05) is 6.92 Å². The first-order chi connectivity index (χ1) is 12.4. The Morgan fingerprint density at radius 3 is 2.69 bits per heavy atom. The summed E-state index contributed by atoms with van der Waals surface area (Å²) in [6.07, 6.45) is 1.39. The third-order valence-electron chi connectivity index (χ3n) is 3.25. The van der Waals surface area contributed by atoms with Gasteiger partial charge in [-0.2, -0.15) is 5.10 Å². The molecule has 0 heterocycles. The number of aromatic hydroxyl groups is 1. The maximum atomic E-state index is 11.8. The van der Waals surface area contributed by atoms with Crippen molar-refractivity contribution >= 4 is 35.3 Å². The highest BCUT2D eigenvalue weighted by molar-refractivity contribution is 6.32. The highest BCUT2D eigenvalue weighted by atomic mass is 35.5. The second-order valence-corrected chi connectivity index (χ2v) is 6.09. The molecule has 0 saturated heterocycles. The van der Waals surface area contributed by atoms with Gasteiger partial charge >= 0.3 is 0 Å². The van der Waals surface area contributed by atoms with E-state index in [4.69, 9.17) is 32.7 Å². The van der Waals surface area contributed by atoms with E-state index in [-0.39, 0.29) is 23.1 Å². The van der Waals surface area contributed by atoms with Crippen LogP contribution in [0.15, 0.2) is 35.4 Å². The molecule has 138 valence electrons. The van der Waals surface area contributed by atoms with Gasteiger partial charge in [0.2, 0.25) is 0 Å². The molecular weight excluding hydrogens is 379 g/mol. The van der Waals surface area contributed by atoms with E-state index in [2.05, 4.69) is 10.5 Å². The molecule has 0 aliphatic rings. The van der Waals surface area contributed by atoms with Crippen molar-refractivity contribution in [3.05, 3.63) is 51.5 Å². The van der Waals surface area contributed by atoms with Crippen molar-refractivity contribution in [2.24, 2.45) is 5.10 Å². The summed E-state index contributed by atoms with van der Waals surface area (Å²) in [5, 5.41) is 14.4. The first-order valence-electron chi connectivity index (χ1n) is 7.77. The topological polar surface area (TPSA) is 80.2 Å². The number of phenolic OH excluding ortho intramolecular Hbond substituents is 1. The molecule has 0 unspecified atom stereocenters. The first-order valence-corrected chi connectivity index (χ1v) is 8.52. The SMILES string of the molecule is CCOc1cc(/C=N\NC(=O)COc2ccc(Cl)c(C)c2)cc(Cl)c1O. The van der Waals surface area contributed by atoms with Crippen LogP contribution in [-0.2, 0) is 4.79 Å². The minimum absolute atomic E-state index is 0.130. The monoisotopic (exact) mass is 396 g/mol. The first kappa shape index (κ1) is 19.9. The quantitative estimate of drug-likeness (QED) is 0.548. The van der Waals surface area contributed by atoms with Crippen LogP contribution in [0.4, 0.5) is 0 Å². The summed E-state index contributed by atoms with van der Waals surface area (Å²) >= 11 is 11.9. The lowest BCUT2D eigenvalue weighted by atomic mass is 10.2. The lowest BCUT2D eigenvalue weighted by molar-refractivity contribution is -0.123. The lowest BCUT2D eigenvalue weighted by Gasteiger charge is -2.08.